The SMILES string of the molecule is [2H]c1ccccc1C(=N[C@@H](Cc1cc(F)c(F)c(F)c1)C(=O)OCC)c1ccccc1. The third kappa shape index (κ3) is 5.14. The number of nitrogens with zero attached hydrogens (tertiary/aromatic N) is 1. The fourth-order valence-electron chi connectivity index (χ4n) is 2.96. The molecule has 3 aromatic carbocycles. The van der Waals surface area contributed by atoms with Crippen LogP contribution in [0.3, 0.4) is 0 Å². The van der Waals surface area contributed by atoms with E-state index in [1.807, 2.05) is 6.07 Å². The van der Waals surface area contributed by atoms with Crippen LogP contribution in [0.4, 0.5) is 13.2 Å². The normalized spacial score (nSPS) is 12.9. The second-order valence-electron chi connectivity index (χ2n) is 6.47. The van der Waals surface area contributed by atoms with Gasteiger partial charge in [-0.3, -0.25) is 4.99 Å². The number of aliphatic imine (C=N–C) groups is 1. The lowest BCUT2D eigenvalue weighted by Gasteiger charge is -2.15. The highest BCUT2D eigenvalue weighted by Gasteiger charge is 2.23. The summed E-state index contributed by atoms with van der Waals surface area (Å²) in [7, 11) is 0. The highest BCUT2D eigenvalue weighted by atomic mass is 19.2. The molecule has 0 bridgehead atoms. The molecule has 0 aromatic heterocycles. The first-order chi connectivity index (χ1) is 14.9. The Bertz CT molecular complexity index is 1080. The maximum Gasteiger partial charge on any atom is 0.331 e. The average molecular weight is 412 g/mol. The molecule has 3 aromatic rings. The number of esters is 1. The van der Waals surface area contributed by atoms with Gasteiger partial charge in [-0.2, -0.15) is 0 Å². The summed E-state index contributed by atoms with van der Waals surface area (Å²) >= 11 is 0. The van der Waals surface area contributed by atoms with Gasteiger partial charge in [0.05, 0.1) is 13.7 Å². The van der Waals surface area contributed by atoms with Crippen molar-refractivity contribution in [3.63, 3.8) is 0 Å². The van der Waals surface area contributed by atoms with E-state index < -0.39 is 29.5 Å². The molecule has 1 atom stereocenters. The number of carbonyl (C=O) groups is 1. The lowest BCUT2D eigenvalue weighted by atomic mass is 10.0. The minimum atomic E-state index is -1.58. The van der Waals surface area contributed by atoms with Crippen LogP contribution < -0.4 is 0 Å². The van der Waals surface area contributed by atoms with Gasteiger partial charge in [0.25, 0.3) is 0 Å². The van der Waals surface area contributed by atoms with Crippen LogP contribution in [0.5, 0.6) is 0 Å². The average Bonchev–Trinajstić information content (AvgIpc) is 2.76. The number of benzene rings is 3. The monoisotopic (exact) mass is 412 g/mol. The summed E-state index contributed by atoms with van der Waals surface area (Å²) in [5.41, 5.74) is 1.57. The Labute approximate surface area is 174 Å². The zero-order valence-electron chi connectivity index (χ0n) is 17.2. The van der Waals surface area contributed by atoms with Crippen LogP contribution in [-0.2, 0) is 16.0 Å². The Kier molecular flexibility index (Phi) is 6.54. The van der Waals surface area contributed by atoms with Crippen LogP contribution in [0.25, 0.3) is 0 Å². The van der Waals surface area contributed by atoms with Gasteiger partial charge in [0.15, 0.2) is 23.5 Å². The van der Waals surface area contributed by atoms with Crippen molar-refractivity contribution in [2.75, 3.05) is 6.61 Å². The molecule has 0 aliphatic carbocycles. The second kappa shape index (κ2) is 9.87. The Morgan fingerprint density at radius 2 is 1.60 bits per heavy atom. The number of rotatable bonds is 7. The Balaban J connectivity index is 2.11. The molecule has 0 aliphatic heterocycles. The largest absolute Gasteiger partial charge is 0.464 e. The van der Waals surface area contributed by atoms with E-state index in [1.165, 1.54) is 0 Å². The molecule has 0 aliphatic rings. The maximum atomic E-state index is 13.7. The topological polar surface area (TPSA) is 38.7 Å². The van der Waals surface area contributed by atoms with Crippen LogP contribution in [0.1, 0.15) is 25.0 Å². The lowest BCUT2D eigenvalue weighted by Crippen LogP contribution is -2.26. The molecule has 0 radical (unpaired) electrons. The van der Waals surface area contributed by atoms with Crippen LogP contribution in [0.2, 0.25) is 0 Å². The molecule has 0 spiro atoms. The first kappa shape index (κ1) is 19.9. The van der Waals surface area contributed by atoms with Crippen LogP contribution in [0.15, 0.2) is 77.8 Å². The van der Waals surface area contributed by atoms with E-state index in [-0.39, 0.29) is 24.6 Å². The molecule has 0 unspecified atom stereocenters. The molecule has 3 rings (SSSR count). The Morgan fingerprint density at radius 3 is 2.20 bits per heavy atom. The number of ether oxygens (including phenoxy) is 1. The van der Waals surface area contributed by atoms with E-state index >= 15 is 0 Å². The van der Waals surface area contributed by atoms with Gasteiger partial charge in [0, 0.05) is 17.5 Å². The standard InChI is InChI=1S/C24H20F3NO2/c1-2-30-24(29)21(15-16-13-19(25)22(27)20(26)14-16)28-23(17-9-5-3-6-10-17)18-11-7-4-8-12-18/h3-14,21H,2,15H2,1H3/t21-/m0/s1/i9D. The van der Waals surface area contributed by atoms with E-state index in [0.29, 0.717) is 16.8 Å². The first-order valence-electron chi connectivity index (χ1n) is 9.90. The minimum Gasteiger partial charge on any atom is -0.464 e. The molecule has 0 amide bonds. The van der Waals surface area contributed by atoms with Gasteiger partial charge in [0.1, 0.15) is 0 Å². The fourth-order valence-corrected chi connectivity index (χ4v) is 2.96. The molecule has 0 N–H and O–H groups in total. The minimum absolute atomic E-state index is 0.0600. The summed E-state index contributed by atoms with van der Waals surface area (Å²) in [6.45, 7) is 1.72. The molecule has 154 valence electrons. The van der Waals surface area contributed by atoms with Crippen LogP contribution in [0, 0.1) is 17.5 Å². The quantitative estimate of drug-likeness (QED) is 0.307. The van der Waals surface area contributed by atoms with Gasteiger partial charge in [-0.25, -0.2) is 18.0 Å². The number of hydrogen-bond donors (Lipinski definition) is 0. The summed E-state index contributed by atoms with van der Waals surface area (Å²) in [5.74, 6) is -4.96. The molecule has 6 heteroatoms. The van der Waals surface area contributed by atoms with Crippen molar-refractivity contribution in [1.29, 1.82) is 0 Å². The lowest BCUT2D eigenvalue weighted by molar-refractivity contribution is -0.144. The molecular weight excluding hydrogens is 391 g/mol. The molecule has 30 heavy (non-hydrogen) atoms. The van der Waals surface area contributed by atoms with Crippen molar-refractivity contribution < 1.29 is 24.1 Å². The fraction of sp³-hybridized carbons (Fsp3) is 0.167. The summed E-state index contributed by atoms with van der Waals surface area (Å²) in [6, 6.07) is 16.4. The predicted molar refractivity (Wildman–Crippen MR) is 109 cm³/mol. The third-order valence-electron chi connectivity index (χ3n) is 4.33. The Hall–Kier alpha value is -3.41. The number of hydrogen-bond acceptors (Lipinski definition) is 3. The van der Waals surface area contributed by atoms with Crippen molar-refractivity contribution in [3.05, 3.63) is 107 Å². The van der Waals surface area contributed by atoms with Crippen molar-refractivity contribution in [2.45, 2.75) is 19.4 Å². The zero-order valence-corrected chi connectivity index (χ0v) is 16.2. The van der Waals surface area contributed by atoms with E-state index in [1.54, 1.807) is 55.5 Å². The van der Waals surface area contributed by atoms with E-state index in [9.17, 15) is 18.0 Å². The van der Waals surface area contributed by atoms with E-state index in [0.717, 1.165) is 12.1 Å². The van der Waals surface area contributed by atoms with Crippen molar-refractivity contribution in [3.8, 4) is 0 Å². The number of carbonyl (C=O) groups excluding carboxylic acids is 1. The molecule has 0 saturated carbocycles. The summed E-state index contributed by atoms with van der Waals surface area (Å²) in [6.07, 6.45) is -0.205. The summed E-state index contributed by atoms with van der Waals surface area (Å²) in [4.78, 5) is 17.2. The van der Waals surface area contributed by atoms with Crippen LogP contribution in [-0.4, -0.2) is 24.3 Å². The van der Waals surface area contributed by atoms with Gasteiger partial charge >= 0.3 is 5.97 Å². The van der Waals surface area contributed by atoms with Gasteiger partial charge in [-0.15, -0.1) is 0 Å². The number of halogens is 3. The zero-order chi connectivity index (χ0) is 22.4. The van der Waals surface area contributed by atoms with E-state index in [2.05, 4.69) is 4.99 Å². The van der Waals surface area contributed by atoms with Gasteiger partial charge in [-0.1, -0.05) is 60.6 Å². The van der Waals surface area contributed by atoms with Gasteiger partial charge < -0.3 is 4.74 Å². The van der Waals surface area contributed by atoms with Crippen molar-refractivity contribution in [2.24, 2.45) is 4.99 Å². The first-order valence-corrected chi connectivity index (χ1v) is 9.40. The molecule has 3 nitrogen and oxygen atoms in total. The second-order valence-corrected chi connectivity index (χ2v) is 6.47. The van der Waals surface area contributed by atoms with E-state index in [4.69, 9.17) is 6.11 Å². The van der Waals surface area contributed by atoms with Crippen molar-refractivity contribution in [1.82, 2.24) is 0 Å². The Morgan fingerprint density at radius 1 is 1.00 bits per heavy atom. The molecular formula is C24H20F3NO2. The predicted octanol–water partition coefficient (Wildman–Crippen LogP) is 5.12. The molecule has 0 fully saturated rings. The molecule has 0 heterocycles. The highest BCUT2D eigenvalue weighted by molar-refractivity contribution is 6.13. The highest BCUT2D eigenvalue weighted by Crippen LogP contribution is 2.19. The summed E-state index contributed by atoms with van der Waals surface area (Å²) in [5, 5.41) is 0. The van der Waals surface area contributed by atoms with Gasteiger partial charge in [-0.05, 0) is 24.6 Å². The smallest absolute Gasteiger partial charge is 0.331 e. The summed E-state index contributed by atoms with van der Waals surface area (Å²) < 4.78 is 54.1. The molecule has 0 saturated heterocycles. The van der Waals surface area contributed by atoms with Crippen LogP contribution >= 0.6 is 0 Å². The van der Waals surface area contributed by atoms with Gasteiger partial charge in [0.2, 0.25) is 0 Å². The maximum absolute atomic E-state index is 13.7. The van der Waals surface area contributed by atoms with Crippen molar-refractivity contribution >= 4 is 11.7 Å². The third-order valence-corrected chi connectivity index (χ3v) is 4.33.